The first-order valence-corrected chi connectivity index (χ1v) is 12.8. The molecule has 2 unspecified atom stereocenters. The lowest BCUT2D eigenvalue weighted by Gasteiger charge is -2.56. The van der Waals surface area contributed by atoms with Crippen molar-refractivity contribution < 1.29 is 19.7 Å². The molecule has 4 nitrogen and oxygen atoms in total. The highest BCUT2D eigenvalue weighted by Gasteiger charge is 2.67. The van der Waals surface area contributed by atoms with Gasteiger partial charge in [0.1, 0.15) is 11.5 Å². The molecule has 2 N–H and O–H groups in total. The zero-order chi connectivity index (χ0) is 22.3. The molecule has 0 aromatic rings. The summed E-state index contributed by atoms with van der Waals surface area (Å²) in [5.41, 5.74) is 0.850. The normalized spacial score (nSPS) is 45.8. The molecule has 1 saturated heterocycles. The quantitative estimate of drug-likeness (QED) is 0.601. The molecule has 1 heterocycles. The Morgan fingerprint density at radius 3 is 2.58 bits per heavy atom. The number of hydrogen-bond acceptors (Lipinski definition) is 4. The van der Waals surface area contributed by atoms with Gasteiger partial charge in [-0.15, -0.1) is 0 Å². The topological polar surface area (TPSA) is 70.1 Å². The average Bonchev–Trinajstić information content (AvgIpc) is 3.40. The lowest BCUT2D eigenvalue weighted by molar-refractivity contribution is -0.122. The maximum Gasteiger partial charge on any atom is 0.158 e. The second kappa shape index (κ2) is 7.06. The molecule has 174 valence electrons. The zero-order valence-corrected chi connectivity index (χ0v) is 20.1. The summed E-state index contributed by atoms with van der Waals surface area (Å²) in [6.45, 7) is 10.8. The molecular formula is C27H42O4. The van der Waals surface area contributed by atoms with Crippen LogP contribution >= 0.6 is 0 Å². The molecule has 0 radical (unpaired) electrons. The summed E-state index contributed by atoms with van der Waals surface area (Å²) in [5, 5.41) is 20.4. The van der Waals surface area contributed by atoms with Crippen LogP contribution in [0.15, 0.2) is 11.3 Å². The molecule has 0 amide bonds. The third kappa shape index (κ3) is 3.26. The number of Topliss-reactive ketones (excluding diaryl/α,β-unsaturated/α-hetero) is 1. The predicted molar refractivity (Wildman–Crippen MR) is 120 cm³/mol. The third-order valence-electron chi connectivity index (χ3n) is 10.7. The minimum Gasteiger partial charge on any atom is -0.483 e. The van der Waals surface area contributed by atoms with Crippen LogP contribution < -0.4 is 0 Å². The van der Waals surface area contributed by atoms with Gasteiger partial charge in [-0.05, 0) is 98.9 Å². The van der Waals surface area contributed by atoms with Crippen LogP contribution in [0.3, 0.4) is 0 Å². The lowest BCUT2D eigenvalue weighted by Crippen LogP contribution is -2.52. The van der Waals surface area contributed by atoms with E-state index in [1.165, 1.54) is 37.0 Å². The summed E-state index contributed by atoms with van der Waals surface area (Å²) >= 11 is 0. The number of carbonyl (C=O) groups excluding carboxylic acids is 1. The van der Waals surface area contributed by atoms with Gasteiger partial charge in [0.15, 0.2) is 6.10 Å². The van der Waals surface area contributed by atoms with Crippen molar-refractivity contribution in [1.29, 1.82) is 0 Å². The standard InChI is InChI=1S/C27H42O4/c1-15(6-9-21(29)25(2,3)30)17-7-8-18-22-19(11-13-26(17,18)4)27(5)12-10-16(28)14-20(27)23-24(22)31-23/h15,17-19,21-22,24,29-30H,6-14H2,1-5H3/t15-,17-,18+,19+,21?,22+,24?,26-,27-/m1/s1. The summed E-state index contributed by atoms with van der Waals surface area (Å²) in [4.78, 5) is 12.2. The fourth-order valence-electron chi connectivity index (χ4n) is 8.72. The van der Waals surface area contributed by atoms with Gasteiger partial charge in [-0.2, -0.15) is 0 Å². The number of allylic oxidation sites excluding steroid dienone is 1. The SMILES string of the molecule is C[C@H](CCC(O)C(C)(C)O)[C@H]1CC[C@H]2[C@@H]3C4OC4=C4CC(=O)CC[C@]4(C)[C@H]3CC[C@]12C. The smallest absolute Gasteiger partial charge is 0.158 e. The maximum atomic E-state index is 12.2. The molecule has 0 spiro atoms. The first-order valence-electron chi connectivity index (χ1n) is 12.8. The van der Waals surface area contributed by atoms with E-state index in [4.69, 9.17) is 4.74 Å². The van der Waals surface area contributed by atoms with E-state index in [0.29, 0.717) is 53.6 Å². The first kappa shape index (κ1) is 21.9. The summed E-state index contributed by atoms with van der Waals surface area (Å²) in [6, 6.07) is 0. The Kier molecular flexibility index (Phi) is 5.00. The van der Waals surface area contributed by atoms with Gasteiger partial charge >= 0.3 is 0 Å². The van der Waals surface area contributed by atoms with Crippen molar-refractivity contribution in [1.82, 2.24) is 0 Å². The van der Waals surface area contributed by atoms with Crippen LogP contribution in [0, 0.1) is 40.4 Å². The monoisotopic (exact) mass is 430 g/mol. The maximum absolute atomic E-state index is 12.2. The van der Waals surface area contributed by atoms with Crippen molar-refractivity contribution in [2.45, 2.75) is 110 Å². The highest BCUT2D eigenvalue weighted by Crippen LogP contribution is 2.71. The molecule has 0 aromatic heterocycles. The van der Waals surface area contributed by atoms with Crippen molar-refractivity contribution in [3.8, 4) is 0 Å². The molecule has 4 fully saturated rings. The number of hydrogen-bond donors (Lipinski definition) is 2. The largest absolute Gasteiger partial charge is 0.483 e. The fraction of sp³-hybridized carbons (Fsp3) is 0.889. The van der Waals surface area contributed by atoms with Crippen LogP contribution in [0.4, 0.5) is 0 Å². The predicted octanol–water partition coefficient (Wildman–Crippen LogP) is 5.02. The molecule has 1 aliphatic heterocycles. The Morgan fingerprint density at radius 1 is 1.13 bits per heavy atom. The Balaban J connectivity index is 1.35. The van der Waals surface area contributed by atoms with E-state index in [0.717, 1.165) is 19.3 Å². The molecule has 3 saturated carbocycles. The van der Waals surface area contributed by atoms with Gasteiger partial charge in [0.05, 0.1) is 11.7 Å². The second-order valence-corrected chi connectivity index (χ2v) is 12.8. The molecule has 5 aliphatic rings. The average molecular weight is 431 g/mol. The molecular weight excluding hydrogens is 388 g/mol. The van der Waals surface area contributed by atoms with Crippen LogP contribution in [0.5, 0.6) is 0 Å². The van der Waals surface area contributed by atoms with Gasteiger partial charge < -0.3 is 14.9 Å². The van der Waals surface area contributed by atoms with Gasteiger partial charge in [0.2, 0.25) is 0 Å². The van der Waals surface area contributed by atoms with Crippen molar-refractivity contribution in [3.05, 3.63) is 11.3 Å². The van der Waals surface area contributed by atoms with Crippen molar-refractivity contribution in [2.75, 3.05) is 0 Å². The zero-order valence-electron chi connectivity index (χ0n) is 20.1. The molecule has 9 atom stereocenters. The van der Waals surface area contributed by atoms with Gasteiger partial charge in [0.25, 0.3) is 0 Å². The van der Waals surface area contributed by atoms with E-state index in [-0.39, 0.29) is 11.5 Å². The number of carbonyl (C=O) groups is 1. The van der Waals surface area contributed by atoms with Crippen molar-refractivity contribution >= 4 is 5.78 Å². The second-order valence-electron chi connectivity index (χ2n) is 12.8. The summed E-state index contributed by atoms with van der Waals surface area (Å²) < 4.78 is 6.26. The minimum absolute atomic E-state index is 0.169. The highest BCUT2D eigenvalue weighted by atomic mass is 16.6. The van der Waals surface area contributed by atoms with Gasteiger partial charge in [-0.1, -0.05) is 20.8 Å². The van der Waals surface area contributed by atoms with Gasteiger partial charge in [-0.3, -0.25) is 4.79 Å². The van der Waals surface area contributed by atoms with E-state index >= 15 is 0 Å². The third-order valence-corrected chi connectivity index (χ3v) is 10.7. The number of aliphatic hydroxyl groups is 2. The number of ether oxygens (including phenoxy) is 1. The van der Waals surface area contributed by atoms with E-state index in [1.54, 1.807) is 13.8 Å². The van der Waals surface area contributed by atoms with Crippen LogP contribution in [-0.4, -0.2) is 33.8 Å². The summed E-state index contributed by atoms with van der Waals surface area (Å²) in [7, 11) is 0. The van der Waals surface area contributed by atoms with Crippen molar-refractivity contribution in [2.24, 2.45) is 40.4 Å². The Bertz CT molecular complexity index is 794. The molecule has 31 heavy (non-hydrogen) atoms. The minimum atomic E-state index is -1.03. The van der Waals surface area contributed by atoms with Crippen LogP contribution in [-0.2, 0) is 9.53 Å². The number of fused-ring (bicyclic) bond motifs is 7. The summed E-state index contributed by atoms with van der Waals surface area (Å²) in [5.74, 6) is 4.82. The number of epoxide rings is 1. The molecule has 5 rings (SSSR count). The molecule has 0 aromatic carbocycles. The van der Waals surface area contributed by atoms with Crippen LogP contribution in [0.2, 0.25) is 0 Å². The van der Waals surface area contributed by atoms with Crippen molar-refractivity contribution in [3.63, 3.8) is 0 Å². The van der Waals surface area contributed by atoms with E-state index < -0.39 is 11.7 Å². The highest BCUT2D eigenvalue weighted by molar-refractivity contribution is 5.83. The molecule has 4 heteroatoms. The van der Waals surface area contributed by atoms with Gasteiger partial charge in [0, 0.05) is 18.8 Å². The molecule has 4 aliphatic carbocycles. The Labute approximate surface area is 187 Å². The fourth-order valence-corrected chi connectivity index (χ4v) is 8.72. The first-order chi connectivity index (χ1) is 14.5. The lowest BCUT2D eigenvalue weighted by atomic mass is 9.47. The number of aliphatic hydroxyl groups excluding tert-OH is 1. The summed E-state index contributed by atoms with van der Waals surface area (Å²) in [6.07, 6.45) is 8.77. The Morgan fingerprint density at radius 2 is 1.87 bits per heavy atom. The van der Waals surface area contributed by atoms with E-state index in [1.807, 2.05) is 0 Å². The number of ketones is 1. The Hall–Kier alpha value is -0.870. The number of rotatable bonds is 5. The van der Waals surface area contributed by atoms with Gasteiger partial charge in [-0.25, -0.2) is 0 Å². The van der Waals surface area contributed by atoms with Crippen LogP contribution in [0.1, 0.15) is 92.4 Å². The van der Waals surface area contributed by atoms with E-state index in [9.17, 15) is 15.0 Å². The van der Waals surface area contributed by atoms with Crippen LogP contribution in [0.25, 0.3) is 0 Å². The molecule has 0 bridgehead atoms. The van der Waals surface area contributed by atoms with E-state index in [2.05, 4.69) is 20.8 Å².